The topological polar surface area (TPSA) is 58.3 Å². The van der Waals surface area contributed by atoms with Crippen LogP contribution in [0.2, 0.25) is 0 Å². The fraction of sp³-hybridized carbons (Fsp3) is 0.357. The van der Waals surface area contributed by atoms with Crippen LogP contribution in [0.5, 0.6) is 5.75 Å². The summed E-state index contributed by atoms with van der Waals surface area (Å²) >= 11 is 0. The van der Waals surface area contributed by atoms with Gasteiger partial charge in [-0.15, -0.1) is 0 Å². The largest absolute Gasteiger partial charge is 0.508 e. The third-order valence-corrected chi connectivity index (χ3v) is 2.78. The van der Waals surface area contributed by atoms with Gasteiger partial charge >= 0.3 is 0 Å². The Morgan fingerprint density at radius 1 is 1.33 bits per heavy atom. The lowest BCUT2D eigenvalue weighted by Crippen LogP contribution is -2.13. The van der Waals surface area contributed by atoms with Gasteiger partial charge in [0.15, 0.2) is 0 Å². The summed E-state index contributed by atoms with van der Waals surface area (Å²) in [6.45, 7) is 5.19. The molecule has 0 amide bonds. The van der Waals surface area contributed by atoms with Crippen LogP contribution in [0.15, 0.2) is 28.8 Å². The van der Waals surface area contributed by atoms with Crippen molar-refractivity contribution in [3.63, 3.8) is 0 Å². The minimum Gasteiger partial charge on any atom is -0.508 e. The summed E-state index contributed by atoms with van der Waals surface area (Å²) in [5.41, 5.74) is 2.02. The SMILES string of the molecule is CCc1cnc(CNCc2cc(C)ccc2O)o1. The normalized spacial score (nSPS) is 10.8. The molecule has 0 bridgehead atoms. The molecule has 4 nitrogen and oxygen atoms in total. The molecule has 0 fully saturated rings. The summed E-state index contributed by atoms with van der Waals surface area (Å²) < 4.78 is 5.49. The average Bonchev–Trinajstić information content (AvgIpc) is 2.81. The lowest BCUT2D eigenvalue weighted by molar-refractivity contribution is 0.433. The zero-order chi connectivity index (χ0) is 13.0. The van der Waals surface area contributed by atoms with Crippen molar-refractivity contribution in [2.75, 3.05) is 0 Å². The number of hydrogen-bond donors (Lipinski definition) is 2. The van der Waals surface area contributed by atoms with Crippen LogP contribution in [0.4, 0.5) is 0 Å². The van der Waals surface area contributed by atoms with Gasteiger partial charge in [-0.05, 0) is 13.0 Å². The Hall–Kier alpha value is -1.81. The average molecular weight is 246 g/mol. The number of nitrogens with one attached hydrogen (secondary N) is 1. The molecule has 0 atom stereocenters. The molecule has 0 unspecified atom stereocenters. The Labute approximate surface area is 107 Å². The Balaban J connectivity index is 1.90. The van der Waals surface area contributed by atoms with E-state index < -0.39 is 0 Å². The number of nitrogens with zero attached hydrogens (tertiary/aromatic N) is 1. The quantitative estimate of drug-likeness (QED) is 0.851. The Kier molecular flexibility index (Phi) is 3.99. The maximum Gasteiger partial charge on any atom is 0.208 e. The third kappa shape index (κ3) is 3.11. The van der Waals surface area contributed by atoms with E-state index in [-0.39, 0.29) is 0 Å². The molecule has 2 N–H and O–H groups in total. The number of benzene rings is 1. The van der Waals surface area contributed by atoms with Crippen molar-refractivity contribution in [3.8, 4) is 5.75 Å². The van der Waals surface area contributed by atoms with E-state index in [0.717, 1.165) is 23.3 Å². The van der Waals surface area contributed by atoms with E-state index in [9.17, 15) is 5.11 Å². The van der Waals surface area contributed by atoms with Crippen molar-refractivity contribution in [1.82, 2.24) is 10.3 Å². The molecule has 96 valence electrons. The maximum atomic E-state index is 9.70. The fourth-order valence-electron chi connectivity index (χ4n) is 1.75. The first-order chi connectivity index (χ1) is 8.69. The molecule has 0 saturated heterocycles. The predicted molar refractivity (Wildman–Crippen MR) is 69.3 cm³/mol. The second-order valence-corrected chi connectivity index (χ2v) is 4.31. The number of aromatic hydroxyl groups is 1. The predicted octanol–water partition coefficient (Wildman–Crippen LogP) is 2.54. The molecule has 0 aliphatic heterocycles. The van der Waals surface area contributed by atoms with Crippen molar-refractivity contribution >= 4 is 0 Å². The molecule has 18 heavy (non-hydrogen) atoms. The second-order valence-electron chi connectivity index (χ2n) is 4.31. The van der Waals surface area contributed by atoms with Gasteiger partial charge in [0, 0.05) is 18.5 Å². The lowest BCUT2D eigenvalue weighted by atomic mass is 10.1. The Bertz CT molecular complexity index is 520. The molecule has 0 saturated carbocycles. The molecular weight excluding hydrogens is 228 g/mol. The highest BCUT2D eigenvalue weighted by molar-refractivity contribution is 5.35. The van der Waals surface area contributed by atoms with Gasteiger partial charge in [-0.2, -0.15) is 0 Å². The van der Waals surface area contributed by atoms with Gasteiger partial charge in [0.1, 0.15) is 11.5 Å². The fourth-order valence-corrected chi connectivity index (χ4v) is 1.75. The van der Waals surface area contributed by atoms with Crippen LogP contribution in [0.25, 0.3) is 0 Å². The number of aromatic nitrogens is 1. The monoisotopic (exact) mass is 246 g/mol. The number of aryl methyl sites for hydroxylation is 2. The summed E-state index contributed by atoms with van der Waals surface area (Å²) in [5.74, 6) is 1.89. The highest BCUT2D eigenvalue weighted by atomic mass is 16.4. The van der Waals surface area contributed by atoms with E-state index >= 15 is 0 Å². The van der Waals surface area contributed by atoms with E-state index in [4.69, 9.17) is 4.42 Å². The van der Waals surface area contributed by atoms with Gasteiger partial charge in [-0.1, -0.05) is 24.6 Å². The van der Waals surface area contributed by atoms with Gasteiger partial charge in [0.25, 0.3) is 0 Å². The smallest absolute Gasteiger partial charge is 0.208 e. The summed E-state index contributed by atoms with van der Waals surface area (Å²) in [6, 6.07) is 5.57. The summed E-state index contributed by atoms with van der Waals surface area (Å²) in [4.78, 5) is 4.17. The number of rotatable bonds is 5. The van der Waals surface area contributed by atoms with E-state index in [2.05, 4.69) is 10.3 Å². The highest BCUT2D eigenvalue weighted by Crippen LogP contribution is 2.17. The first kappa shape index (κ1) is 12.6. The molecule has 4 heteroatoms. The Morgan fingerprint density at radius 2 is 2.17 bits per heavy atom. The number of phenolic OH excluding ortho intramolecular Hbond substituents is 1. The first-order valence-corrected chi connectivity index (χ1v) is 6.12. The molecule has 2 aromatic rings. The molecule has 0 aliphatic rings. The van der Waals surface area contributed by atoms with Crippen LogP contribution in [0, 0.1) is 6.92 Å². The van der Waals surface area contributed by atoms with Crippen LogP contribution in [-0.2, 0) is 19.5 Å². The second kappa shape index (κ2) is 5.69. The van der Waals surface area contributed by atoms with Crippen LogP contribution < -0.4 is 5.32 Å². The summed E-state index contributed by atoms with van der Waals surface area (Å²) in [6.07, 6.45) is 2.60. The number of phenols is 1. The van der Waals surface area contributed by atoms with Crippen LogP contribution in [0.1, 0.15) is 29.7 Å². The van der Waals surface area contributed by atoms with Gasteiger partial charge in [-0.3, -0.25) is 0 Å². The molecule has 2 rings (SSSR count). The number of hydrogen-bond acceptors (Lipinski definition) is 4. The zero-order valence-corrected chi connectivity index (χ0v) is 10.7. The van der Waals surface area contributed by atoms with Crippen molar-refractivity contribution in [3.05, 3.63) is 47.2 Å². The van der Waals surface area contributed by atoms with E-state index in [1.165, 1.54) is 0 Å². The van der Waals surface area contributed by atoms with Crippen LogP contribution in [0.3, 0.4) is 0 Å². The van der Waals surface area contributed by atoms with Gasteiger partial charge in [0.05, 0.1) is 12.7 Å². The third-order valence-electron chi connectivity index (χ3n) is 2.78. The minimum absolute atomic E-state index is 0.315. The molecule has 0 aliphatic carbocycles. The Morgan fingerprint density at radius 3 is 2.89 bits per heavy atom. The standard InChI is InChI=1S/C14H18N2O2/c1-3-12-8-16-14(18-12)9-15-7-11-6-10(2)4-5-13(11)17/h4-6,8,15,17H,3,7,9H2,1-2H3. The molecule has 0 spiro atoms. The first-order valence-electron chi connectivity index (χ1n) is 6.12. The van der Waals surface area contributed by atoms with E-state index in [0.29, 0.717) is 24.7 Å². The van der Waals surface area contributed by atoms with Crippen molar-refractivity contribution in [1.29, 1.82) is 0 Å². The highest BCUT2D eigenvalue weighted by Gasteiger charge is 2.04. The van der Waals surface area contributed by atoms with E-state index in [1.54, 1.807) is 12.3 Å². The van der Waals surface area contributed by atoms with Crippen LogP contribution >= 0.6 is 0 Å². The minimum atomic E-state index is 0.315. The van der Waals surface area contributed by atoms with Crippen molar-refractivity contribution in [2.45, 2.75) is 33.4 Å². The number of oxazole rings is 1. The molecule has 1 aromatic carbocycles. The van der Waals surface area contributed by atoms with Crippen molar-refractivity contribution in [2.24, 2.45) is 0 Å². The van der Waals surface area contributed by atoms with Gasteiger partial charge in [0.2, 0.25) is 5.89 Å². The molecule has 1 aromatic heterocycles. The van der Waals surface area contributed by atoms with Gasteiger partial charge < -0.3 is 14.8 Å². The lowest BCUT2D eigenvalue weighted by Gasteiger charge is -2.06. The molecular formula is C14H18N2O2. The molecule has 1 heterocycles. The zero-order valence-electron chi connectivity index (χ0n) is 10.7. The maximum absolute atomic E-state index is 9.70. The van der Waals surface area contributed by atoms with Crippen molar-refractivity contribution < 1.29 is 9.52 Å². The van der Waals surface area contributed by atoms with Crippen LogP contribution in [-0.4, -0.2) is 10.1 Å². The summed E-state index contributed by atoms with van der Waals surface area (Å²) in [7, 11) is 0. The van der Waals surface area contributed by atoms with E-state index in [1.807, 2.05) is 26.0 Å². The van der Waals surface area contributed by atoms with Gasteiger partial charge in [-0.25, -0.2) is 4.98 Å². The summed E-state index contributed by atoms with van der Waals surface area (Å²) in [5, 5.41) is 12.9. The molecule has 0 radical (unpaired) electrons.